The standard InChI is InChI=1S/C12H15BrO.C2H3BrO/c1-7-5-8(2)11(9(3)6-7)12(14)10(4)13;3-1-2-4/h5-6,10H,1-4H3;2H,1H2. The van der Waals surface area contributed by atoms with Crippen LogP contribution in [0.15, 0.2) is 12.1 Å². The zero-order chi connectivity index (χ0) is 14.3. The fourth-order valence-electron chi connectivity index (χ4n) is 1.77. The van der Waals surface area contributed by atoms with Gasteiger partial charge in [-0.2, -0.15) is 0 Å². The summed E-state index contributed by atoms with van der Waals surface area (Å²) in [5.74, 6) is 0.167. The van der Waals surface area contributed by atoms with E-state index in [9.17, 15) is 4.79 Å². The molecule has 2 nitrogen and oxygen atoms in total. The van der Waals surface area contributed by atoms with Crippen LogP contribution in [-0.2, 0) is 4.79 Å². The van der Waals surface area contributed by atoms with Gasteiger partial charge in [-0.15, -0.1) is 0 Å². The van der Waals surface area contributed by atoms with Crippen LogP contribution >= 0.6 is 31.9 Å². The van der Waals surface area contributed by atoms with Crippen LogP contribution in [0.3, 0.4) is 0 Å². The molecule has 0 bridgehead atoms. The minimum absolute atomic E-state index is 0.109. The summed E-state index contributed by atoms with van der Waals surface area (Å²) in [6.45, 7) is 7.89. The van der Waals surface area contributed by atoms with Crippen molar-refractivity contribution in [3.05, 3.63) is 34.4 Å². The van der Waals surface area contributed by atoms with Crippen molar-refractivity contribution in [1.82, 2.24) is 0 Å². The summed E-state index contributed by atoms with van der Waals surface area (Å²) < 4.78 is 0. The number of aryl methyl sites for hydroxylation is 3. The van der Waals surface area contributed by atoms with E-state index in [4.69, 9.17) is 4.79 Å². The number of benzene rings is 1. The SMILES string of the molecule is Cc1cc(C)c(C(=O)C(C)Br)c(C)c1.O=CCBr. The molecular formula is C14H18Br2O2. The van der Waals surface area contributed by atoms with Crippen LogP contribution in [0.25, 0.3) is 0 Å². The number of alkyl halides is 2. The monoisotopic (exact) mass is 376 g/mol. The molecule has 0 aliphatic rings. The predicted molar refractivity (Wildman–Crippen MR) is 83.2 cm³/mol. The van der Waals surface area contributed by atoms with Gasteiger partial charge < -0.3 is 4.79 Å². The van der Waals surface area contributed by atoms with Gasteiger partial charge in [-0.3, -0.25) is 4.79 Å². The van der Waals surface area contributed by atoms with Gasteiger partial charge in [-0.1, -0.05) is 49.6 Å². The highest BCUT2D eigenvalue weighted by Crippen LogP contribution is 2.20. The maximum absolute atomic E-state index is 11.9. The maximum atomic E-state index is 11.9. The third kappa shape index (κ3) is 5.44. The normalized spacial score (nSPS) is 11.2. The Bertz CT molecular complexity index is 403. The van der Waals surface area contributed by atoms with Crippen LogP contribution in [0.1, 0.15) is 34.0 Å². The molecule has 0 amide bonds. The summed E-state index contributed by atoms with van der Waals surface area (Å²) in [7, 11) is 0. The molecule has 1 aromatic carbocycles. The zero-order valence-electron chi connectivity index (χ0n) is 11.1. The van der Waals surface area contributed by atoms with E-state index in [2.05, 4.69) is 44.0 Å². The molecule has 100 valence electrons. The number of rotatable bonds is 3. The molecule has 0 heterocycles. The summed E-state index contributed by atoms with van der Waals surface area (Å²) in [5.41, 5.74) is 4.20. The number of halogens is 2. The Balaban J connectivity index is 0.000000631. The van der Waals surface area contributed by atoms with Crippen molar-refractivity contribution in [2.75, 3.05) is 5.33 Å². The smallest absolute Gasteiger partial charge is 0.176 e. The first kappa shape index (κ1) is 17.5. The van der Waals surface area contributed by atoms with Crippen molar-refractivity contribution in [1.29, 1.82) is 0 Å². The molecule has 0 aliphatic heterocycles. The number of carbonyl (C=O) groups is 2. The largest absolute Gasteiger partial charge is 0.302 e. The third-order valence-corrected chi connectivity index (χ3v) is 3.03. The molecule has 4 heteroatoms. The molecule has 18 heavy (non-hydrogen) atoms. The van der Waals surface area contributed by atoms with Gasteiger partial charge in [-0.05, 0) is 38.8 Å². The van der Waals surface area contributed by atoms with E-state index >= 15 is 0 Å². The zero-order valence-corrected chi connectivity index (χ0v) is 14.3. The van der Waals surface area contributed by atoms with Gasteiger partial charge in [0.25, 0.3) is 0 Å². The van der Waals surface area contributed by atoms with Crippen molar-refractivity contribution in [2.24, 2.45) is 0 Å². The van der Waals surface area contributed by atoms with E-state index in [-0.39, 0.29) is 10.6 Å². The fourth-order valence-corrected chi connectivity index (χ4v) is 2.00. The second kappa shape index (κ2) is 8.59. The summed E-state index contributed by atoms with van der Waals surface area (Å²) in [4.78, 5) is 20.9. The van der Waals surface area contributed by atoms with Crippen molar-refractivity contribution < 1.29 is 9.59 Å². The van der Waals surface area contributed by atoms with Gasteiger partial charge in [0.1, 0.15) is 6.29 Å². The first-order valence-corrected chi connectivity index (χ1v) is 7.64. The van der Waals surface area contributed by atoms with Crippen molar-refractivity contribution in [2.45, 2.75) is 32.5 Å². The van der Waals surface area contributed by atoms with E-state index in [1.807, 2.05) is 27.7 Å². The van der Waals surface area contributed by atoms with Crippen LogP contribution in [-0.4, -0.2) is 22.2 Å². The molecule has 0 spiro atoms. The molecule has 0 radical (unpaired) electrons. The second-order valence-electron chi connectivity index (χ2n) is 4.07. The van der Waals surface area contributed by atoms with Gasteiger partial charge in [-0.25, -0.2) is 0 Å². The van der Waals surface area contributed by atoms with Crippen LogP contribution < -0.4 is 0 Å². The lowest BCUT2D eigenvalue weighted by molar-refractivity contribution is -0.105. The molecule has 1 atom stereocenters. The Hall–Kier alpha value is -0.480. The summed E-state index contributed by atoms with van der Waals surface area (Å²) in [6, 6.07) is 4.10. The average Bonchev–Trinajstić information content (AvgIpc) is 2.27. The topological polar surface area (TPSA) is 34.1 Å². The maximum Gasteiger partial charge on any atom is 0.176 e. The number of aldehydes is 1. The predicted octanol–water partition coefficient (Wildman–Crippen LogP) is 4.16. The van der Waals surface area contributed by atoms with Crippen LogP contribution in [0.2, 0.25) is 0 Å². The lowest BCUT2D eigenvalue weighted by Crippen LogP contribution is -2.13. The van der Waals surface area contributed by atoms with E-state index in [0.29, 0.717) is 5.33 Å². The number of hydrogen-bond acceptors (Lipinski definition) is 2. The van der Waals surface area contributed by atoms with Crippen LogP contribution in [0, 0.1) is 20.8 Å². The minimum Gasteiger partial charge on any atom is -0.302 e. The molecule has 0 saturated heterocycles. The Labute approximate surface area is 125 Å². The Morgan fingerprint density at radius 1 is 1.28 bits per heavy atom. The number of hydrogen-bond donors (Lipinski definition) is 0. The van der Waals surface area contributed by atoms with Crippen LogP contribution in [0.4, 0.5) is 0 Å². The quantitative estimate of drug-likeness (QED) is 0.450. The highest BCUT2D eigenvalue weighted by atomic mass is 79.9. The molecule has 0 aliphatic carbocycles. The molecule has 1 rings (SSSR count). The van der Waals surface area contributed by atoms with E-state index in [1.54, 1.807) is 0 Å². The molecule has 0 aromatic heterocycles. The van der Waals surface area contributed by atoms with Crippen molar-refractivity contribution >= 4 is 43.9 Å². The minimum atomic E-state index is -0.109. The number of ketones is 1. The molecule has 0 fully saturated rings. The van der Waals surface area contributed by atoms with Crippen LogP contribution in [0.5, 0.6) is 0 Å². The summed E-state index contributed by atoms with van der Waals surface area (Å²) in [5, 5.41) is 0.451. The molecule has 0 N–H and O–H groups in total. The number of carbonyl (C=O) groups excluding carboxylic acids is 2. The van der Waals surface area contributed by atoms with E-state index < -0.39 is 0 Å². The first-order chi connectivity index (χ1) is 8.34. The van der Waals surface area contributed by atoms with Gasteiger partial charge in [0.2, 0.25) is 0 Å². The van der Waals surface area contributed by atoms with Gasteiger partial charge in [0.05, 0.1) is 10.2 Å². The molecule has 0 saturated carbocycles. The highest BCUT2D eigenvalue weighted by Gasteiger charge is 2.16. The lowest BCUT2D eigenvalue weighted by Gasteiger charge is -2.11. The average molecular weight is 378 g/mol. The van der Waals surface area contributed by atoms with E-state index in [1.165, 1.54) is 5.56 Å². The first-order valence-electron chi connectivity index (χ1n) is 5.60. The van der Waals surface area contributed by atoms with Crippen molar-refractivity contribution in [3.8, 4) is 0 Å². The van der Waals surface area contributed by atoms with Gasteiger partial charge in [0, 0.05) is 5.56 Å². The van der Waals surface area contributed by atoms with Gasteiger partial charge in [0.15, 0.2) is 5.78 Å². The highest BCUT2D eigenvalue weighted by molar-refractivity contribution is 9.10. The molecule has 1 aromatic rings. The molecular weight excluding hydrogens is 360 g/mol. The lowest BCUT2D eigenvalue weighted by atomic mass is 9.95. The summed E-state index contributed by atoms with van der Waals surface area (Å²) >= 11 is 6.19. The second-order valence-corrected chi connectivity index (χ2v) is 6.10. The fraction of sp³-hybridized carbons (Fsp3) is 0.429. The summed E-state index contributed by atoms with van der Waals surface area (Å²) in [6.07, 6.45) is 0.792. The van der Waals surface area contributed by atoms with Crippen molar-refractivity contribution in [3.63, 3.8) is 0 Å². The molecule has 1 unspecified atom stereocenters. The van der Waals surface area contributed by atoms with E-state index in [0.717, 1.165) is 23.0 Å². The third-order valence-electron chi connectivity index (χ3n) is 2.35. The Kier molecular flexibility index (Phi) is 8.36. The Morgan fingerprint density at radius 2 is 1.67 bits per heavy atom. The van der Waals surface area contributed by atoms with Gasteiger partial charge >= 0.3 is 0 Å². The number of Topliss-reactive ketones (excluding diaryl/α,β-unsaturated/α-hetero) is 1. The Morgan fingerprint density at radius 3 is 1.94 bits per heavy atom.